The molecule has 0 saturated heterocycles. The van der Waals surface area contributed by atoms with Crippen molar-refractivity contribution in [3.8, 4) is 0 Å². The molecule has 0 amide bonds. The number of rotatable bonds is 48. The van der Waals surface area contributed by atoms with Gasteiger partial charge in [0.05, 0.1) is 0 Å². The topological polar surface area (TPSA) is 78.9 Å². The van der Waals surface area contributed by atoms with Crippen LogP contribution in [0.25, 0.3) is 0 Å². The van der Waals surface area contributed by atoms with Gasteiger partial charge < -0.3 is 14.2 Å². The fourth-order valence-electron chi connectivity index (χ4n) is 8.13. The molecule has 1 unspecified atom stereocenters. The molecule has 0 aliphatic rings. The molecule has 0 spiro atoms. The zero-order chi connectivity index (χ0) is 44.0. The highest BCUT2D eigenvalue weighted by molar-refractivity contribution is 5.71. The van der Waals surface area contributed by atoms with Gasteiger partial charge in [-0.2, -0.15) is 0 Å². The van der Waals surface area contributed by atoms with Gasteiger partial charge in [0.1, 0.15) is 13.2 Å². The lowest BCUT2D eigenvalue weighted by Crippen LogP contribution is -2.30. The molecule has 0 rings (SSSR count). The first kappa shape index (κ1) is 58.4. The lowest BCUT2D eigenvalue weighted by Gasteiger charge is -2.18. The second kappa shape index (κ2) is 46.9. The number of hydrogen-bond acceptors (Lipinski definition) is 6. The van der Waals surface area contributed by atoms with Gasteiger partial charge in [0, 0.05) is 19.3 Å². The summed E-state index contributed by atoms with van der Waals surface area (Å²) in [5, 5.41) is 0. The molecule has 0 radical (unpaired) electrons. The zero-order valence-corrected chi connectivity index (χ0v) is 41.1. The van der Waals surface area contributed by atoms with E-state index in [9.17, 15) is 14.4 Å². The Hall–Kier alpha value is -1.59. The van der Waals surface area contributed by atoms with E-state index < -0.39 is 6.10 Å². The smallest absolute Gasteiger partial charge is 0.306 e. The standard InChI is InChI=1S/C54H104O6/c1-6-8-9-10-11-12-13-14-15-19-22-25-28-34-39-44-52(55)58-47-51(48-59-53(56)45-40-35-31-30-33-38-43-50(5)7-2)60-54(57)46-41-36-29-26-23-20-17-16-18-21-24-27-32-37-42-49(3)4/h49-51H,6-48H2,1-5H3/t50?,51-/m1/s1. The molecule has 0 aliphatic heterocycles. The molecule has 0 fully saturated rings. The molecule has 0 heterocycles. The van der Waals surface area contributed by atoms with Crippen molar-refractivity contribution in [2.24, 2.45) is 11.8 Å². The highest BCUT2D eigenvalue weighted by atomic mass is 16.6. The Morgan fingerprint density at radius 3 is 0.950 bits per heavy atom. The summed E-state index contributed by atoms with van der Waals surface area (Å²) in [6.45, 7) is 11.4. The third-order valence-corrected chi connectivity index (χ3v) is 12.6. The fraction of sp³-hybridized carbons (Fsp3) is 0.944. The number of esters is 3. The van der Waals surface area contributed by atoms with Crippen molar-refractivity contribution in [3.05, 3.63) is 0 Å². The average molecular weight is 849 g/mol. The van der Waals surface area contributed by atoms with Crippen molar-refractivity contribution in [3.63, 3.8) is 0 Å². The van der Waals surface area contributed by atoms with E-state index in [2.05, 4.69) is 34.6 Å². The minimum atomic E-state index is -0.762. The van der Waals surface area contributed by atoms with Gasteiger partial charge in [0.15, 0.2) is 6.10 Å². The van der Waals surface area contributed by atoms with Gasteiger partial charge in [-0.15, -0.1) is 0 Å². The van der Waals surface area contributed by atoms with E-state index in [1.54, 1.807) is 0 Å². The molecule has 6 nitrogen and oxygen atoms in total. The van der Waals surface area contributed by atoms with Crippen LogP contribution < -0.4 is 0 Å². The first-order valence-corrected chi connectivity index (χ1v) is 26.8. The van der Waals surface area contributed by atoms with E-state index in [1.165, 1.54) is 186 Å². The molecule has 0 N–H and O–H groups in total. The van der Waals surface area contributed by atoms with E-state index in [4.69, 9.17) is 14.2 Å². The van der Waals surface area contributed by atoms with Crippen LogP contribution in [0.4, 0.5) is 0 Å². The van der Waals surface area contributed by atoms with Crippen molar-refractivity contribution < 1.29 is 28.6 Å². The number of carbonyl (C=O) groups is 3. The Balaban J connectivity index is 4.28. The quantitative estimate of drug-likeness (QED) is 0.0345. The molecule has 2 atom stereocenters. The van der Waals surface area contributed by atoms with Crippen molar-refractivity contribution in [1.82, 2.24) is 0 Å². The molecule has 60 heavy (non-hydrogen) atoms. The van der Waals surface area contributed by atoms with Crippen LogP contribution in [0.3, 0.4) is 0 Å². The van der Waals surface area contributed by atoms with Crippen molar-refractivity contribution in [2.45, 2.75) is 304 Å². The number of ether oxygens (including phenoxy) is 3. The number of hydrogen-bond donors (Lipinski definition) is 0. The van der Waals surface area contributed by atoms with Gasteiger partial charge >= 0.3 is 17.9 Å². The molecule has 0 aliphatic carbocycles. The predicted octanol–water partition coefficient (Wildman–Crippen LogP) is 17.3. The largest absolute Gasteiger partial charge is 0.462 e. The van der Waals surface area contributed by atoms with E-state index >= 15 is 0 Å². The number of unbranched alkanes of at least 4 members (excludes halogenated alkanes) is 32. The molecule has 0 saturated carbocycles. The van der Waals surface area contributed by atoms with E-state index in [0.717, 1.165) is 69.6 Å². The molecule has 0 bridgehead atoms. The first-order valence-electron chi connectivity index (χ1n) is 26.8. The molecule has 356 valence electrons. The summed E-state index contributed by atoms with van der Waals surface area (Å²) in [7, 11) is 0. The van der Waals surface area contributed by atoms with Gasteiger partial charge in [-0.1, -0.05) is 259 Å². The normalized spacial score (nSPS) is 12.5. The molecular weight excluding hydrogens is 745 g/mol. The van der Waals surface area contributed by atoms with Crippen molar-refractivity contribution >= 4 is 17.9 Å². The van der Waals surface area contributed by atoms with Crippen LogP contribution in [0.2, 0.25) is 0 Å². The van der Waals surface area contributed by atoms with Gasteiger partial charge in [0.25, 0.3) is 0 Å². The maximum Gasteiger partial charge on any atom is 0.306 e. The maximum absolute atomic E-state index is 12.8. The van der Waals surface area contributed by atoms with Crippen LogP contribution in [0, 0.1) is 11.8 Å². The first-order chi connectivity index (χ1) is 29.3. The van der Waals surface area contributed by atoms with Gasteiger partial charge in [-0.3, -0.25) is 14.4 Å². The summed E-state index contributed by atoms with van der Waals surface area (Å²) in [6, 6.07) is 0. The summed E-state index contributed by atoms with van der Waals surface area (Å²) in [5.41, 5.74) is 0. The second-order valence-corrected chi connectivity index (χ2v) is 19.2. The third kappa shape index (κ3) is 45.9. The van der Waals surface area contributed by atoms with Gasteiger partial charge in [-0.25, -0.2) is 0 Å². The molecular formula is C54H104O6. The number of carbonyl (C=O) groups excluding carboxylic acids is 3. The highest BCUT2D eigenvalue weighted by Gasteiger charge is 2.19. The van der Waals surface area contributed by atoms with Gasteiger partial charge in [-0.05, 0) is 31.1 Å². The van der Waals surface area contributed by atoms with Crippen LogP contribution >= 0.6 is 0 Å². The summed E-state index contributed by atoms with van der Waals surface area (Å²) in [5.74, 6) is 0.809. The summed E-state index contributed by atoms with van der Waals surface area (Å²) in [6.07, 6.45) is 48.0. The van der Waals surface area contributed by atoms with E-state index in [0.29, 0.717) is 19.3 Å². The minimum Gasteiger partial charge on any atom is -0.462 e. The fourth-order valence-corrected chi connectivity index (χ4v) is 8.13. The van der Waals surface area contributed by atoms with Crippen molar-refractivity contribution in [2.75, 3.05) is 13.2 Å². The van der Waals surface area contributed by atoms with Crippen LogP contribution in [0.5, 0.6) is 0 Å². The Labute approximate surface area is 374 Å². The summed E-state index contributed by atoms with van der Waals surface area (Å²) < 4.78 is 16.8. The molecule has 0 aromatic heterocycles. The van der Waals surface area contributed by atoms with Crippen LogP contribution in [0.15, 0.2) is 0 Å². The van der Waals surface area contributed by atoms with Crippen LogP contribution in [0.1, 0.15) is 298 Å². The third-order valence-electron chi connectivity index (χ3n) is 12.6. The maximum atomic E-state index is 12.8. The minimum absolute atomic E-state index is 0.0639. The lowest BCUT2D eigenvalue weighted by molar-refractivity contribution is -0.167. The summed E-state index contributed by atoms with van der Waals surface area (Å²) in [4.78, 5) is 38.0. The zero-order valence-electron chi connectivity index (χ0n) is 41.1. The Bertz CT molecular complexity index is 918. The Morgan fingerprint density at radius 1 is 0.350 bits per heavy atom. The second-order valence-electron chi connectivity index (χ2n) is 19.2. The van der Waals surface area contributed by atoms with E-state index in [-0.39, 0.29) is 31.1 Å². The van der Waals surface area contributed by atoms with Crippen LogP contribution in [-0.2, 0) is 28.6 Å². The van der Waals surface area contributed by atoms with Crippen LogP contribution in [-0.4, -0.2) is 37.2 Å². The molecule has 0 aromatic carbocycles. The SMILES string of the molecule is CCCCCCCCCCCCCCCCCC(=O)OC[C@H](COC(=O)CCCCCCCCC(C)CC)OC(=O)CCCCCCCCCCCCCCCCC(C)C. The Morgan fingerprint density at radius 2 is 0.633 bits per heavy atom. The summed E-state index contributed by atoms with van der Waals surface area (Å²) >= 11 is 0. The predicted molar refractivity (Wildman–Crippen MR) is 256 cm³/mol. The molecule has 6 heteroatoms. The monoisotopic (exact) mass is 849 g/mol. The van der Waals surface area contributed by atoms with Crippen molar-refractivity contribution in [1.29, 1.82) is 0 Å². The Kier molecular flexibility index (Phi) is 45.7. The average Bonchev–Trinajstić information content (AvgIpc) is 3.23. The lowest BCUT2D eigenvalue weighted by atomic mass is 10.00. The van der Waals surface area contributed by atoms with E-state index in [1.807, 2.05) is 0 Å². The highest BCUT2D eigenvalue weighted by Crippen LogP contribution is 2.18. The van der Waals surface area contributed by atoms with Gasteiger partial charge in [0.2, 0.25) is 0 Å². The molecule has 0 aromatic rings.